The molecule has 1 amide bonds. The maximum absolute atomic E-state index is 12.1. The maximum Gasteiger partial charge on any atom is 0.227 e. The van der Waals surface area contributed by atoms with Crippen molar-refractivity contribution in [3.63, 3.8) is 0 Å². The Kier molecular flexibility index (Phi) is 8.96. The molecule has 0 aromatic heterocycles. The number of nitrogens with zero attached hydrogens (tertiary/aromatic N) is 1. The first-order valence-corrected chi connectivity index (χ1v) is 9.20. The molecule has 0 saturated carbocycles. The molecule has 0 aliphatic rings. The third-order valence-corrected chi connectivity index (χ3v) is 4.43. The van der Waals surface area contributed by atoms with E-state index in [2.05, 4.69) is 40.0 Å². The van der Waals surface area contributed by atoms with Gasteiger partial charge in [-0.2, -0.15) is 0 Å². The molecular formula is C20H34N4O2. The molecule has 0 fully saturated rings. The van der Waals surface area contributed by atoms with E-state index in [0.717, 1.165) is 18.7 Å². The zero-order chi connectivity index (χ0) is 19.6. The predicted octanol–water partition coefficient (Wildman–Crippen LogP) is 2.52. The Labute approximate surface area is 157 Å². The van der Waals surface area contributed by atoms with Gasteiger partial charge >= 0.3 is 0 Å². The first-order chi connectivity index (χ1) is 12.3. The Morgan fingerprint density at radius 3 is 2.38 bits per heavy atom. The summed E-state index contributed by atoms with van der Waals surface area (Å²) in [4.78, 5) is 16.3. The van der Waals surface area contributed by atoms with Crippen LogP contribution in [0.3, 0.4) is 0 Å². The molecule has 0 aliphatic heterocycles. The summed E-state index contributed by atoms with van der Waals surface area (Å²) in [5.74, 6) is 2.05. The van der Waals surface area contributed by atoms with Crippen LogP contribution in [-0.4, -0.2) is 45.7 Å². The molecule has 146 valence electrons. The first kappa shape index (κ1) is 21.8. The van der Waals surface area contributed by atoms with E-state index in [-0.39, 0.29) is 5.91 Å². The van der Waals surface area contributed by atoms with Gasteiger partial charge < -0.3 is 20.7 Å². The minimum Gasteiger partial charge on any atom is -0.497 e. The van der Waals surface area contributed by atoms with Crippen molar-refractivity contribution in [2.24, 2.45) is 10.4 Å². The van der Waals surface area contributed by atoms with Crippen LogP contribution in [0.15, 0.2) is 29.3 Å². The number of ether oxygens (including phenoxy) is 1. The van der Waals surface area contributed by atoms with Crippen LogP contribution in [0, 0.1) is 5.41 Å². The topological polar surface area (TPSA) is 74.8 Å². The molecule has 0 heterocycles. The minimum atomic E-state index is -0.496. The summed E-state index contributed by atoms with van der Waals surface area (Å²) in [5, 5.41) is 9.42. The molecule has 3 N–H and O–H groups in total. The molecule has 1 atom stereocenters. The van der Waals surface area contributed by atoms with Crippen molar-refractivity contribution in [1.82, 2.24) is 16.0 Å². The highest BCUT2D eigenvalue weighted by Crippen LogP contribution is 2.21. The van der Waals surface area contributed by atoms with E-state index in [0.29, 0.717) is 25.0 Å². The average molecular weight is 363 g/mol. The van der Waals surface area contributed by atoms with Gasteiger partial charge in [0.1, 0.15) is 5.75 Å². The fourth-order valence-electron chi connectivity index (χ4n) is 2.51. The molecule has 6 heteroatoms. The fourth-order valence-corrected chi connectivity index (χ4v) is 2.51. The number of guanidine groups is 1. The number of carbonyl (C=O) groups is 1. The van der Waals surface area contributed by atoms with Gasteiger partial charge in [-0.3, -0.25) is 9.79 Å². The van der Waals surface area contributed by atoms with E-state index in [1.165, 1.54) is 5.56 Å². The molecule has 1 rings (SSSR count). The highest BCUT2D eigenvalue weighted by Gasteiger charge is 2.27. The highest BCUT2D eigenvalue weighted by molar-refractivity contribution is 5.84. The van der Waals surface area contributed by atoms with Gasteiger partial charge in [0.05, 0.1) is 12.5 Å². The number of amides is 1. The Hall–Kier alpha value is -2.24. The van der Waals surface area contributed by atoms with Gasteiger partial charge in [-0.25, -0.2) is 0 Å². The van der Waals surface area contributed by atoms with E-state index in [1.807, 2.05) is 32.9 Å². The van der Waals surface area contributed by atoms with Crippen molar-refractivity contribution in [3.05, 3.63) is 29.8 Å². The fraction of sp³-hybridized carbons (Fsp3) is 0.600. The second-order valence-electron chi connectivity index (χ2n) is 7.06. The smallest absolute Gasteiger partial charge is 0.227 e. The van der Waals surface area contributed by atoms with E-state index in [1.54, 1.807) is 14.2 Å². The van der Waals surface area contributed by atoms with Gasteiger partial charge in [-0.05, 0) is 50.8 Å². The molecule has 1 unspecified atom stereocenters. The molecular weight excluding hydrogens is 328 g/mol. The number of hydrogen-bond acceptors (Lipinski definition) is 3. The van der Waals surface area contributed by atoms with E-state index in [9.17, 15) is 4.79 Å². The van der Waals surface area contributed by atoms with Gasteiger partial charge in [0, 0.05) is 26.7 Å². The summed E-state index contributed by atoms with van der Waals surface area (Å²) in [6.45, 7) is 9.93. The summed E-state index contributed by atoms with van der Waals surface area (Å²) in [7, 11) is 3.41. The van der Waals surface area contributed by atoms with Crippen molar-refractivity contribution in [1.29, 1.82) is 0 Å². The van der Waals surface area contributed by atoms with Gasteiger partial charge in [0.15, 0.2) is 5.96 Å². The van der Waals surface area contributed by atoms with Crippen molar-refractivity contribution in [2.75, 3.05) is 33.8 Å². The largest absolute Gasteiger partial charge is 0.497 e. The number of rotatable bonds is 9. The standard InChI is InChI=1S/C20H34N4O2/c1-7-22-18(25)20(3,4)14-24-19(21-5)23-13-12-15(2)16-8-10-17(26-6)11-9-16/h8-11,15H,7,12-14H2,1-6H3,(H,22,25)(H2,21,23,24). The van der Waals surface area contributed by atoms with E-state index >= 15 is 0 Å². The normalized spacial score (nSPS) is 13.1. The van der Waals surface area contributed by atoms with Gasteiger partial charge in [0.25, 0.3) is 0 Å². The molecule has 26 heavy (non-hydrogen) atoms. The van der Waals surface area contributed by atoms with Crippen molar-refractivity contribution in [3.8, 4) is 5.75 Å². The number of carbonyl (C=O) groups excluding carboxylic acids is 1. The molecule has 1 aromatic rings. The summed E-state index contributed by atoms with van der Waals surface area (Å²) in [6, 6.07) is 8.18. The third kappa shape index (κ3) is 6.94. The second kappa shape index (κ2) is 10.7. The maximum atomic E-state index is 12.1. The van der Waals surface area contributed by atoms with E-state index in [4.69, 9.17) is 4.74 Å². The van der Waals surface area contributed by atoms with Crippen LogP contribution >= 0.6 is 0 Å². The SMILES string of the molecule is CCNC(=O)C(C)(C)CNC(=NC)NCCC(C)c1ccc(OC)cc1. The number of benzene rings is 1. The quantitative estimate of drug-likeness (QED) is 0.466. The van der Waals surface area contributed by atoms with Crippen LogP contribution in [0.5, 0.6) is 5.75 Å². The van der Waals surface area contributed by atoms with Crippen LogP contribution in [0.4, 0.5) is 0 Å². The summed E-state index contributed by atoms with van der Waals surface area (Å²) in [5.41, 5.74) is 0.789. The Morgan fingerprint density at radius 1 is 1.19 bits per heavy atom. The summed E-state index contributed by atoms with van der Waals surface area (Å²) in [6.07, 6.45) is 0.979. The minimum absolute atomic E-state index is 0.0380. The lowest BCUT2D eigenvalue weighted by atomic mass is 9.92. The van der Waals surface area contributed by atoms with Crippen molar-refractivity contribution < 1.29 is 9.53 Å². The molecule has 0 aliphatic carbocycles. The van der Waals surface area contributed by atoms with Gasteiger partial charge in [-0.15, -0.1) is 0 Å². The molecule has 6 nitrogen and oxygen atoms in total. The number of aliphatic imine (C=N–C) groups is 1. The average Bonchev–Trinajstić information content (AvgIpc) is 2.64. The third-order valence-electron chi connectivity index (χ3n) is 4.43. The van der Waals surface area contributed by atoms with Crippen LogP contribution in [-0.2, 0) is 4.79 Å². The molecule has 0 bridgehead atoms. The zero-order valence-corrected chi connectivity index (χ0v) is 17.0. The Morgan fingerprint density at radius 2 is 1.85 bits per heavy atom. The predicted molar refractivity (Wildman–Crippen MR) is 108 cm³/mol. The second-order valence-corrected chi connectivity index (χ2v) is 7.06. The number of nitrogens with one attached hydrogen (secondary N) is 3. The lowest BCUT2D eigenvalue weighted by molar-refractivity contribution is -0.128. The van der Waals surface area contributed by atoms with Crippen LogP contribution in [0.25, 0.3) is 0 Å². The highest BCUT2D eigenvalue weighted by atomic mass is 16.5. The lowest BCUT2D eigenvalue weighted by Gasteiger charge is -2.25. The molecule has 0 radical (unpaired) electrons. The van der Waals surface area contributed by atoms with Crippen molar-refractivity contribution in [2.45, 2.75) is 40.0 Å². The van der Waals surface area contributed by atoms with Crippen LogP contribution < -0.4 is 20.7 Å². The molecule has 0 spiro atoms. The molecule has 0 saturated heterocycles. The molecule has 1 aromatic carbocycles. The number of methoxy groups -OCH3 is 1. The van der Waals surface area contributed by atoms with Gasteiger partial charge in [-0.1, -0.05) is 19.1 Å². The summed E-state index contributed by atoms with van der Waals surface area (Å²) < 4.78 is 5.20. The van der Waals surface area contributed by atoms with Gasteiger partial charge in [0.2, 0.25) is 5.91 Å². The van der Waals surface area contributed by atoms with E-state index < -0.39 is 5.41 Å². The number of hydrogen-bond donors (Lipinski definition) is 3. The Balaban J connectivity index is 2.43. The van der Waals surface area contributed by atoms with Crippen LogP contribution in [0.2, 0.25) is 0 Å². The van der Waals surface area contributed by atoms with Crippen LogP contribution in [0.1, 0.15) is 45.6 Å². The zero-order valence-electron chi connectivity index (χ0n) is 17.0. The first-order valence-electron chi connectivity index (χ1n) is 9.20. The lowest BCUT2D eigenvalue weighted by Crippen LogP contribution is -2.48. The van der Waals surface area contributed by atoms with Crippen molar-refractivity contribution >= 4 is 11.9 Å². The Bertz CT molecular complexity index is 582. The summed E-state index contributed by atoms with van der Waals surface area (Å²) >= 11 is 0. The monoisotopic (exact) mass is 362 g/mol.